The van der Waals surface area contributed by atoms with E-state index in [9.17, 15) is 5.11 Å². The molecule has 2 aromatic carbocycles. The Kier molecular flexibility index (Phi) is 3.24. The maximum absolute atomic E-state index is 9.37. The Hall–Kier alpha value is -2.95. The molecule has 0 aliphatic carbocycles. The van der Waals surface area contributed by atoms with E-state index in [0.717, 1.165) is 16.3 Å². The van der Waals surface area contributed by atoms with Crippen molar-refractivity contribution in [2.75, 3.05) is 5.43 Å². The highest BCUT2D eigenvalue weighted by molar-refractivity contribution is 5.91. The number of nitrogens with zero attached hydrogens (tertiary/aromatic N) is 3. The SMILES string of the molecule is Oc1cccc(/C=N/Nc2nncc3ccccc23)c1. The number of aromatic nitrogens is 2. The zero-order valence-corrected chi connectivity index (χ0v) is 10.6. The van der Waals surface area contributed by atoms with Crippen LogP contribution in [0.4, 0.5) is 5.82 Å². The van der Waals surface area contributed by atoms with Gasteiger partial charge in [0.25, 0.3) is 0 Å². The van der Waals surface area contributed by atoms with E-state index < -0.39 is 0 Å². The van der Waals surface area contributed by atoms with Crippen molar-refractivity contribution in [1.29, 1.82) is 0 Å². The molecule has 1 heterocycles. The number of nitrogens with one attached hydrogen (secondary N) is 1. The van der Waals surface area contributed by atoms with E-state index in [1.54, 1.807) is 30.6 Å². The number of hydrazone groups is 1. The Balaban J connectivity index is 1.84. The second-order valence-electron chi connectivity index (χ2n) is 4.25. The molecule has 0 aliphatic heterocycles. The van der Waals surface area contributed by atoms with Gasteiger partial charge < -0.3 is 5.11 Å². The summed E-state index contributed by atoms with van der Waals surface area (Å²) >= 11 is 0. The van der Waals surface area contributed by atoms with Crippen molar-refractivity contribution in [3.63, 3.8) is 0 Å². The Labute approximate surface area is 115 Å². The van der Waals surface area contributed by atoms with Crippen molar-refractivity contribution in [3.8, 4) is 5.75 Å². The van der Waals surface area contributed by atoms with Crippen LogP contribution in [0, 0.1) is 0 Å². The molecule has 0 spiro atoms. The third-order valence-electron chi connectivity index (χ3n) is 2.82. The quantitative estimate of drug-likeness (QED) is 0.563. The molecule has 0 radical (unpaired) electrons. The van der Waals surface area contributed by atoms with Gasteiger partial charge in [0.1, 0.15) is 5.75 Å². The van der Waals surface area contributed by atoms with Crippen molar-refractivity contribution in [3.05, 3.63) is 60.3 Å². The lowest BCUT2D eigenvalue weighted by atomic mass is 10.2. The van der Waals surface area contributed by atoms with Crippen LogP contribution in [-0.4, -0.2) is 21.5 Å². The Morgan fingerprint density at radius 1 is 1.10 bits per heavy atom. The van der Waals surface area contributed by atoms with E-state index in [0.29, 0.717) is 5.82 Å². The smallest absolute Gasteiger partial charge is 0.176 e. The summed E-state index contributed by atoms with van der Waals surface area (Å²) in [5, 5.41) is 23.4. The summed E-state index contributed by atoms with van der Waals surface area (Å²) < 4.78 is 0. The monoisotopic (exact) mass is 264 g/mol. The standard InChI is InChI=1S/C15H12N4O/c20-13-6-3-4-11(8-13)9-16-18-15-14-7-2-1-5-12(14)10-17-19-15/h1-10,20H,(H,18,19)/b16-9+. The third kappa shape index (κ3) is 2.56. The predicted molar refractivity (Wildman–Crippen MR) is 78.9 cm³/mol. The van der Waals surface area contributed by atoms with Crippen LogP contribution in [0.1, 0.15) is 5.56 Å². The highest BCUT2D eigenvalue weighted by Gasteiger charge is 2.00. The average Bonchev–Trinajstić information content (AvgIpc) is 2.48. The number of phenolic OH excluding ortho intramolecular Hbond substituents is 1. The van der Waals surface area contributed by atoms with Crippen LogP contribution in [0.3, 0.4) is 0 Å². The molecule has 1 aromatic heterocycles. The van der Waals surface area contributed by atoms with Crippen LogP contribution >= 0.6 is 0 Å². The normalized spacial score (nSPS) is 11.0. The molecule has 0 saturated heterocycles. The number of benzene rings is 2. The van der Waals surface area contributed by atoms with E-state index in [1.165, 1.54) is 0 Å². The minimum Gasteiger partial charge on any atom is -0.508 e. The van der Waals surface area contributed by atoms with Gasteiger partial charge in [0.05, 0.1) is 12.4 Å². The molecular formula is C15H12N4O. The molecule has 0 amide bonds. The molecule has 0 unspecified atom stereocenters. The van der Waals surface area contributed by atoms with Gasteiger partial charge >= 0.3 is 0 Å². The summed E-state index contributed by atoms with van der Waals surface area (Å²) in [5.74, 6) is 0.804. The Bertz CT molecular complexity index is 765. The van der Waals surface area contributed by atoms with Crippen LogP contribution in [0.25, 0.3) is 10.8 Å². The molecule has 0 atom stereocenters. The van der Waals surface area contributed by atoms with Crippen molar-refractivity contribution in [1.82, 2.24) is 10.2 Å². The molecular weight excluding hydrogens is 252 g/mol. The first-order chi connectivity index (χ1) is 9.83. The molecule has 5 heteroatoms. The second-order valence-corrected chi connectivity index (χ2v) is 4.25. The molecule has 98 valence electrons. The van der Waals surface area contributed by atoms with E-state index in [4.69, 9.17) is 0 Å². The molecule has 3 aromatic rings. The van der Waals surface area contributed by atoms with E-state index in [1.807, 2.05) is 30.3 Å². The number of rotatable bonds is 3. The number of fused-ring (bicyclic) bond motifs is 1. The van der Waals surface area contributed by atoms with Crippen LogP contribution < -0.4 is 5.43 Å². The largest absolute Gasteiger partial charge is 0.508 e. The zero-order chi connectivity index (χ0) is 13.8. The van der Waals surface area contributed by atoms with Crippen molar-refractivity contribution in [2.45, 2.75) is 0 Å². The summed E-state index contributed by atoms with van der Waals surface area (Å²) in [6.07, 6.45) is 3.32. The van der Waals surface area contributed by atoms with Crippen LogP contribution in [-0.2, 0) is 0 Å². The van der Waals surface area contributed by atoms with Gasteiger partial charge in [0.15, 0.2) is 5.82 Å². The van der Waals surface area contributed by atoms with Gasteiger partial charge in [0.2, 0.25) is 0 Å². The first-order valence-electron chi connectivity index (χ1n) is 6.11. The highest BCUT2D eigenvalue weighted by atomic mass is 16.3. The van der Waals surface area contributed by atoms with Gasteiger partial charge in [0, 0.05) is 10.8 Å². The van der Waals surface area contributed by atoms with Gasteiger partial charge in [-0.05, 0) is 17.7 Å². The fraction of sp³-hybridized carbons (Fsp3) is 0. The summed E-state index contributed by atoms with van der Waals surface area (Å²) in [4.78, 5) is 0. The topological polar surface area (TPSA) is 70.4 Å². The minimum atomic E-state index is 0.207. The second kappa shape index (κ2) is 5.36. The Morgan fingerprint density at radius 3 is 2.90 bits per heavy atom. The predicted octanol–water partition coefficient (Wildman–Crippen LogP) is 2.78. The lowest BCUT2D eigenvalue weighted by Crippen LogP contribution is -1.96. The van der Waals surface area contributed by atoms with Crippen LogP contribution in [0.15, 0.2) is 59.8 Å². The van der Waals surface area contributed by atoms with Crippen molar-refractivity contribution < 1.29 is 5.11 Å². The van der Waals surface area contributed by atoms with Gasteiger partial charge in [-0.25, -0.2) is 0 Å². The molecule has 3 rings (SSSR count). The lowest BCUT2D eigenvalue weighted by molar-refractivity contribution is 0.475. The van der Waals surface area contributed by atoms with Crippen LogP contribution in [0.2, 0.25) is 0 Å². The fourth-order valence-corrected chi connectivity index (χ4v) is 1.88. The summed E-state index contributed by atoms with van der Waals surface area (Å²) in [7, 11) is 0. The van der Waals surface area contributed by atoms with Gasteiger partial charge in [-0.15, -0.1) is 5.10 Å². The van der Waals surface area contributed by atoms with E-state index in [2.05, 4.69) is 20.7 Å². The average molecular weight is 264 g/mol. The summed E-state index contributed by atoms with van der Waals surface area (Å²) in [5.41, 5.74) is 3.67. The van der Waals surface area contributed by atoms with Crippen molar-refractivity contribution >= 4 is 22.8 Å². The number of hydrogen-bond donors (Lipinski definition) is 2. The minimum absolute atomic E-state index is 0.207. The Morgan fingerprint density at radius 2 is 2.00 bits per heavy atom. The number of phenols is 1. The van der Waals surface area contributed by atoms with Gasteiger partial charge in [-0.3, -0.25) is 5.43 Å². The maximum Gasteiger partial charge on any atom is 0.176 e. The molecule has 0 aliphatic rings. The molecule has 2 N–H and O–H groups in total. The van der Waals surface area contributed by atoms with Crippen molar-refractivity contribution in [2.24, 2.45) is 5.10 Å². The highest BCUT2D eigenvalue weighted by Crippen LogP contribution is 2.19. The van der Waals surface area contributed by atoms with Gasteiger partial charge in [-0.1, -0.05) is 36.4 Å². The first kappa shape index (κ1) is 12.1. The van der Waals surface area contributed by atoms with Crippen LogP contribution in [0.5, 0.6) is 5.75 Å². The summed E-state index contributed by atoms with van der Waals surface area (Å²) in [6, 6.07) is 14.7. The molecule has 5 nitrogen and oxygen atoms in total. The maximum atomic E-state index is 9.37. The van der Waals surface area contributed by atoms with E-state index in [-0.39, 0.29) is 5.75 Å². The first-order valence-corrected chi connectivity index (χ1v) is 6.11. The fourth-order valence-electron chi connectivity index (χ4n) is 1.88. The zero-order valence-electron chi connectivity index (χ0n) is 10.6. The molecule has 0 saturated carbocycles. The molecule has 0 fully saturated rings. The molecule has 20 heavy (non-hydrogen) atoms. The molecule has 0 bridgehead atoms. The van der Waals surface area contributed by atoms with E-state index >= 15 is 0 Å². The number of aromatic hydroxyl groups is 1. The third-order valence-corrected chi connectivity index (χ3v) is 2.82. The lowest BCUT2D eigenvalue weighted by Gasteiger charge is -2.02. The van der Waals surface area contributed by atoms with Gasteiger partial charge in [-0.2, -0.15) is 10.2 Å². The summed E-state index contributed by atoms with van der Waals surface area (Å²) in [6.45, 7) is 0. The number of anilines is 1. The number of hydrogen-bond acceptors (Lipinski definition) is 5.